The van der Waals surface area contributed by atoms with E-state index in [1.54, 1.807) is 0 Å². The Morgan fingerprint density at radius 1 is 1.07 bits per heavy atom. The first kappa shape index (κ1) is 12.0. The van der Waals surface area contributed by atoms with Crippen molar-refractivity contribution in [3.05, 3.63) is 0 Å². The van der Waals surface area contributed by atoms with Crippen LogP contribution < -0.4 is 5.73 Å². The van der Waals surface area contributed by atoms with E-state index in [-0.39, 0.29) is 5.54 Å². The Hall–Kier alpha value is -0.0400. The lowest BCUT2D eigenvalue weighted by Crippen LogP contribution is -2.44. The van der Waals surface area contributed by atoms with Gasteiger partial charge in [0.2, 0.25) is 0 Å². The summed E-state index contributed by atoms with van der Waals surface area (Å²) in [6.45, 7) is 9.25. The van der Waals surface area contributed by atoms with E-state index in [4.69, 9.17) is 5.73 Å². The minimum Gasteiger partial charge on any atom is -0.325 e. The van der Waals surface area contributed by atoms with Crippen molar-refractivity contribution >= 4 is 0 Å². The van der Waals surface area contributed by atoms with Gasteiger partial charge in [-0.15, -0.1) is 0 Å². The Bertz CT molecular complexity index is 174. The van der Waals surface area contributed by atoms with Crippen LogP contribution in [0.5, 0.6) is 0 Å². The maximum absolute atomic E-state index is 6.46. The summed E-state index contributed by atoms with van der Waals surface area (Å²) in [5, 5.41) is 0. The highest BCUT2D eigenvalue weighted by Gasteiger charge is 2.32. The molecule has 84 valence electrons. The summed E-state index contributed by atoms with van der Waals surface area (Å²) < 4.78 is 0. The molecule has 0 aromatic rings. The molecule has 14 heavy (non-hydrogen) atoms. The molecule has 0 bridgehead atoms. The van der Waals surface area contributed by atoms with Crippen molar-refractivity contribution < 1.29 is 0 Å². The fourth-order valence-corrected chi connectivity index (χ4v) is 2.66. The predicted molar refractivity (Wildman–Crippen MR) is 63.2 cm³/mol. The average Bonchev–Trinajstić information content (AvgIpc) is 2.28. The summed E-state index contributed by atoms with van der Waals surface area (Å²) in [5.74, 6) is 2.39. The first-order valence-electron chi connectivity index (χ1n) is 6.24. The Balaban J connectivity index is 2.56. The zero-order chi connectivity index (χ0) is 10.8. The Labute approximate surface area is 89.5 Å². The van der Waals surface area contributed by atoms with Gasteiger partial charge in [-0.3, -0.25) is 0 Å². The number of hydrogen-bond donors (Lipinski definition) is 1. The maximum atomic E-state index is 6.46. The van der Waals surface area contributed by atoms with Crippen LogP contribution in [0, 0.1) is 17.8 Å². The molecule has 1 aliphatic carbocycles. The molecule has 1 heteroatoms. The van der Waals surface area contributed by atoms with Crippen LogP contribution in [0.1, 0.15) is 59.8 Å². The van der Waals surface area contributed by atoms with Gasteiger partial charge in [0.25, 0.3) is 0 Å². The highest BCUT2D eigenvalue weighted by atomic mass is 14.8. The SMILES string of the molecule is CC(C)C1CCCC(N)(C(C)C)CC1. The average molecular weight is 197 g/mol. The zero-order valence-corrected chi connectivity index (χ0v) is 10.3. The lowest BCUT2D eigenvalue weighted by atomic mass is 9.80. The van der Waals surface area contributed by atoms with Crippen LogP contribution in [-0.4, -0.2) is 5.54 Å². The van der Waals surface area contributed by atoms with E-state index < -0.39 is 0 Å². The van der Waals surface area contributed by atoms with Gasteiger partial charge in [0.05, 0.1) is 0 Å². The third-order valence-electron chi connectivity index (χ3n) is 4.29. The van der Waals surface area contributed by atoms with Gasteiger partial charge in [-0.1, -0.05) is 40.5 Å². The minimum absolute atomic E-state index is 0.129. The molecule has 0 heterocycles. The van der Waals surface area contributed by atoms with Gasteiger partial charge in [0.1, 0.15) is 0 Å². The number of rotatable bonds is 2. The smallest absolute Gasteiger partial charge is 0.0177 e. The lowest BCUT2D eigenvalue weighted by Gasteiger charge is -2.32. The fraction of sp³-hybridized carbons (Fsp3) is 1.00. The molecule has 1 saturated carbocycles. The maximum Gasteiger partial charge on any atom is 0.0177 e. The lowest BCUT2D eigenvalue weighted by molar-refractivity contribution is 0.261. The van der Waals surface area contributed by atoms with Crippen LogP contribution in [-0.2, 0) is 0 Å². The highest BCUT2D eigenvalue weighted by Crippen LogP contribution is 2.36. The third-order valence-corrected chi connectivity index (χ3v) is 4.29. The third kappa shape index (κ3) is 2.73. The van der Waals surface area contributed by atoms with Gasteiger partial charge in [-0.05, 0) is 37.0 Å². The predicted octanol–water partition coefficient (Wildman–Crippen LogP) is 3.58. The topological polar surface area (TPSA) is 26.0 Å². The fourth-order valence-electron chi connectivity index (χ4n) is 2.66. The molecule has 0 aromatic carbocycles. The number of nitrogens with two attached hydrogens (primary N) is 1. The molecule has 0 amide bonds. The Kier molecular flexibility index (Phi) is 4.00. The van der Waals surface area contributed by atoms with Crippen LogP contribution in [0.3, 0.4) is 0 Å². The normalized spacial score (nSPS) is 34.9. The van der Waals surface area contributed by atoms with Crippen LogP contribution in [0.25, 0.3) is 0 Å². The molecule has 2 unspecified atom stereocenters. The van der Waals surface area contributed by atoms with Crippen LogP contribution in [0.4, 0.5) is 0 Å². The molecule has 1 rings (SSSR count). The molecular weight excluding hydrogens is 170 g/mol. The van der Waals surface area contributed by atoms with E-state index in [9.17, 15) is 0 Å². The van der Waals surface area contributed by atoms with E-state index >= 15 is 0 Å². The van der Waals surface area contributed by atoms with Crippen molar-refractivity contribution in [3.8, 4) is 0 Å². The Morgan fingerprint density at radius 3 is 2.21 bits per heavy atom. The highest BCUT2D eigenvalue weighted by molar-refractivity contribution is 4.90. The zero-order valence-electron chi connectivity index (χ0n) is 10.3. The minimum atomic E-state index is 0.129. The molecule has 2 N–H and O–H groups in total. The summed E-state index contributed by atoms with van der Waals surface area (Å²) >= 11 is 0. The largest absolute Gasteiger partial charge is 0.325 e. The first-order chi connectivity index (χ1) is 6.46. The van der Waals surface area contributed by atoms with E-state index in [0.29, 0.717) is 5.92 Å². The Morgan fingerprint density at radius 2 is 1.71 bits per heavy atom. The second-order valence-corrected chi connectivity index (χ2v) is 5.82. The van der Waals surface area contributed by atoms with Gasteiger partial charge < -0.3 is 5.73 Å². The van der Waals surface area contributed by atoms with Crippen LogP contribution >= 0.6 is 0 Å². The van der Waals surface area contributed by atoms with E-state index in [1.807, 2.05) is 0 Å². The number of hydrogen-bond acceptors (Lipinski definition) is 1. The van der Waals surface area contributed by atoms with Crippen molar-refractivity contribution in [3.63, 3.8) is 0 Å². The second kappa shape index (κ2) is 4.65. The van der Waals surface area contributed by atoms with Gasteiger partial charge in [-0.25, -0.2) is 0 Å². The van der Waals surface area contributed by atoms with Crippen molar-refractivity contribution in [1.82, 2.24) is 0 Å². The monoisotopic (exact) mass is 197 g/mol. The summed E-state index contributed by atoms with van der Waals surface area (Å²) in [6.07, 6.45) is 6.52. The molecule has 1 aliphatic rings. The van der Waals surface area contributed by atoms with Gasteiger partial charge >= 0.3 is 0 Å². The summed E-state index contributed by atoms with van der Waals surface area (Å²) in [7, 11) is 0. The van der Waals surface area contributed by atoms with Crippen molar-refractivity contribution in [2.75, 3.05) is 0 Å². The molecule has 1 fully saturated rings. The van der Waals surface area contributed by atoms with E-state index in [1.165, 1.54) is 32.1 Å². The van der Waals surface area contributed by atoms with Gasteiger partial charge in [-0.2, -0.15) is 0 Å². The molecule has 0 aromatic heterocycles. The van der Waals surface area contributed by atoms with E-state index in [2.05, 4.69) is 27.7 Å². The quantitative estimate of drug-likeness (QED) is 0.673. The van der Waals surface area contributed by atoms with Crippen molar-refractivity contribution in [2.24, 2.45) is 23.5 Å². The summed E-state index contributed by atoms with van der Waals surface area (Å²) in [5.41, 5.74) is 6.59. The molecule has 2 atom stereocenters. The first-order valence-corrected chi connectivity index (χ1v) is 6.24. The molecule has 0 aliphatic heterocycles. The second-order valence-electron chi connectivity index (χ2n) is 5.82. The summed E-state index contributed by atoms with van der Waals surface area (Å²) in [4.78, 5) is 0. The van der Waals surface area contributed by atoms with Gasteiger partial charge in [0, 0.05) is 5.54 Å². The molecular formula is C13H27N. The molecule has 0 radical (unpaired) electrons. The van der Waals surface area contributed by atoms with Crippen LogP contribution in [0.2, 0.25) is 0 Å². The standard InChI is InChI=1S/C13H27N/c1-10(2)12-6-5-8-13(14,9-7-12)11(3)4/h10-12H,5-9,14H2,1-4H3. The van der Waals surface area contributed by atoms with E-state index in [0.717, 1.165) is 11.8 Å². The van der Waals surface area contributed by atoms with Crippen LogP contribution in [0.15, 0.2) is 0 Å². The summed E-state index contributed by atoms with van der Waals surface area (Å²) in [6, 6.07) is 0. The molecule has 1 nitrogen and oxygen atoms in total. The molecule has 0 saturated heterocycles. The van der Waals surface area contributed by atoms with Gasteiger partial charge in [0.15, 0.2) is 0 Å². The van der Waals surface area contributed by atoms with Crippen molar-refractivity contribution in [2.45, 2.75) is 65.3 Å². The van der Waals surface area contributed by atoms with Crippen molar-refractivity contribution in [1.29, 1.82) is 0 Å². The molecule has 0 spiro atoms.